The summed E-state index contributed by atoms with van der Waals surface area (Å²) in [7, 11) is 0. The van der Waals surface area contributed by atoms with Crippen LogP contribution in [0.25, 0.3) is 0 Å². The summed E-state index contributed by atoms with van der Waals surface area (Å²) in [6.45, 7) is 0.403. The molecule has 1 aliphatic heterocycles. The molecule has 0 radical (unpaired) electrons. The van der Waals surface area contributed by atoms with Gasteiger partial charge in [0, 0.05) is 6.54 Å². The maximum atomic E-state index is 10.4. The van der Waals surface area contributed by atoms with Gasteiger partial charge in [-0.2, -0.15) is 0 Å². The van der Waals surface area contributed by atoms with Crippen molar-refractivity contribution in [3.05, 3.63) is 0 Å². The second kappa shape index (κ2) is 5.80. The van der Waals surface area contributed by atoms with Crippen LogP contribution in [0.3, 0.4) is 0 Å². The molecule has 0 fully saturated rings. The number of nitrogens with zero attached hydrogens (tertiary/aromatic N) is 2. The van der Waals surface area contributed by atoms with Gasteiger partial charge < -0.3 is 31.7 Å². The van der Waals surface area contributed by atoms with Crippen LogP contribution >= 0.6 is 0 Å². The van der Waals surface area contributed by atoms with Gasteiger partial charge in [0.05, 0.1) is 0 Å². The van der Waals surface area contributed by atoms with Crippen LogP contribution in [0.4, 0.5) is 0 Å². The topological polar surface area (TPSA) is 145 Å². The first-order valence-electron chi connectivity index (χ1n) is 5.38. The summed E-state index contributed by atoms with van der Waals surface area (Å²) >= 11 is 0. The first-order valence-corrected chi connectivity index (χ1v) is 5.38. The number of carboxylic acid groups (broad SMARTS) is 1. The Hall–Kier alpha value is -1.38. The Morgan fingerprint density at radius 1 is 1.47 bits per heavy atom. The van der Waals surface area contributed by atoms with Gasteiger partial charge in [-0.05, 0) is 19.3 Å². The van der Waals surface area contributed by atoms with Crippen molar-refractivity contribution in [2.24, 2.45) is 16.5 Å². The third-order valence-corrected chi connectivity index (χ3v) is 2.63. The maximum absolute atomic E-state index is 10.4. The van der Waals surface area contributed by atoms with Gasteiger partial charge in [-0.15, -0.1) is 0 Å². The molecule has 1 heterocycles. The average molecular weight is 246 g/mol. The normalized spacial score (nSPS) is 25.8. The van der Waals surface area contributed by atoms with Gasteiger partial charge in [-0.25, -0.2) is 4.99 Å². The predicted octanol–water partition coefficient (Wildman–Crippen LogP) is -2.16. The fourth-order valence-corrected chi connectivity index (χ4v) is 1.59. The van der Waals surface area contributed by atoms with Crippen molar-refractivity contribution in [3.63, 3.8) is 0 Å². The predicted molar refractivity (Wildman–Crippen MR) is 59.8 cm³/mol. The molecule has 0 saturated carbocycles. The van der Waals surface area contributed by atoms with E-state index in [0.717, 1.165) is 0 Å². The Labute approximate surface area is 98.5 Å². The molecule has 1 rings (SSSR count). The highest BCUT2D eigenvalue weighted by Gasteiger charge is 2.31. The highest BCUT2D eigenvalue weighted by Crippen LogP contribution is 2.13. The summed E-state index contributed by atoms with van der Waals surface area (Å²) in [5, 5.41) is 27.3. The number of carboxylic acids is 1. The Bertz CT molecular complexity index is 309. The van der Waals surface area contributed by atoms with Crippen LogP contribution < -0.4 is 11.5 Å². The van der Waals surface area contributed by atoms with Crippen molar-refractivity contribution in [1.82, 2.24) is 4.90 Å². The van der Waals surface area contributed by atoms with Crippen LogP contribution in [0.2, 0.25) is 0 Å². The summed E-state index contributed by atoms with van der Waals surface area (Å²) in [6, 6.07) is -0.866. The van der Waals surface area contributed by atoms with Gasteiger partial charge in [-0.3, -0.25) is 4.79 Å². The number of nitrogens with two attached hydrogens (primary N) is 2. The number of aliphatic hydroxyl groups excluding tert-OH is 2. The summed E-state index contributed by atoms with van der Waals surface area (Å²) in [6.07, 6.45) is -0.765. The Balaban J connectivity index is 2.24. The molecule has 7 N–H and O–H groups in total. The van der Waals surface area contributed by atoms with Crippen molar-refractivity contribution in [2.75, 3.05) is 6.54 Å². The highest BCUT2D eigenvalue weighted by molar-refractivity contribution is 5.80. The van der Waals surface area contributed by atoms with Crippen molar-refractivity contribution in [3.8, 4) is 0 Å². The molecule has 8 nitrogen and oxygen atoms in total. The van der Waals surface area contributed by atoms with E-state index in [1.807, 2.05) is 0 Å². The number of carbonyl (C=O) groups is 1. The zero-order chi connectivity index (χ0) is 13.0. The van der Waals surface area contributed by atoms with E-state index < -0.39 is 24.5 Å². The number of guanidine groups is 1. The van der Waals surface area contributed by atoms with Gasteiger partial charge in [0.1, 0.15) is 6.04 Å². The van der Waals surface area contributed by atoms with Crippen LogP contribution in [0.1, 0.15) is 19.3 Å². The summed E-state index contributed by atoms with van der Waals surface area (Å²) in [5.41, 5.74) is 10.8. The molecule has 0 aromatic heterocycles. The van der Waals surface area contributed by atoms with E-state index in [1.54, 1.807) is 0 Å². The second-order valence-corrected chi connectivity index (χ2v) is 3.95. The molecule has 0 bridgehead atoms. The molecule has 8 heteroatoms. The van der Waals surface area contributed by atoms with E-state index in [2.05, 4.69) is 4.99 Å². The average Bonchev–Trinajstić information content (AvgIpc) is 2.49. The van der Waals surface area contributed by atoms with Crippen LogP contribution in [0.5, 0.6) is 0 Å². The van der Waals surface area contributed by atoms with E-state index in [-0.39, 0.29) is 5.96 Å². The molecular weight excluding hydrogens is 228 g/mol. The molecule has 98 valence electrons. The molecule has 3 unspecified atom stereocenters. The maximum Gasteiger partial charge on any atom is 0.320 e. The minimum Gasteiger partial charge on any atom is -0.480 e. The minimum atomic E-state index is -1.21. The molecule has 0 aliphatic carbocycles. The Kier molecular flexibility index (Phi) is 4.67. The molecule has 17 heavy (non-hydrogen) atoms. The molecule has 1 aliphatic rings. The standard InChI is InChI=1S/C9H18N4O4/c10-5(8(16)17)3-1-2-4-13-7(15)6(14)12-9(13)11/h5-7,14-15H,1-4,10H2,(H2,11,12)(H,16,17). The second-order valence-electron chi connectivity index (χ2n) is 3.95. The lowest BCUT2D eigenvalue weighted by molar-refractivity contribution is -0.138. The number of hydrogen-bond acceptors (Lipinski definition) is 7. The number of aliphatic carboxylic acids is 1. The molecule has 0 saturated heterocycles. The largest absolute Gasteiger partial charge is 0.480 e. The zero-order valence-electron chi connectivity index (χ0n) is 9.36. The Morgan fingerprint density at radius 2 is 2.12 bits per heavy atom. The smallest absolute Gasteiger partial charge is 0.320 e. The lowest BCUT2D eigenvalue weighted by Crippen LogP contribution is -2.43. The Morgan fingerprint density at radius 3 is 2.59 bits per heavy atom. The van der Waals surface area contributed by atoms with Gasteiger partial charge in [0.2, 0.25) is 0 Å². The van der Waals surface area contributed by atoms with Crippen molar-refractivity contribution < 1.29 is 20.1 Å². The number of unbranched alkanes of at least 4 members (excludes halogenated alkanes) is 1. The summed E-state index contributed by atoms with van der Waals surface area (Å²) < 4.78 is 0. The lowest BCUT2D eigenvalue weighted by Gasteiger charge is -2.23. The fraction of sp³-hybridized carbons (Fsp3) is 0.778. The summed E-state index contributed by atoms with van der Waals surface area (Å²) in [4.78, 5) is 15.4. The minimum absolute atomic E-state index is 0.0903. The third-order valence-electron chi connectivity index (χ3n) is 2.63. The molecule has 0 aromatic rings. The van der Waals surface area contributed by atoms with Crippen LogP contribution in [-0.4, -0.2) is 57.2 Å². The molecular formula is C9H18N4O4. The monoisotopic (exact) mass is 246 g/mol. The third kappa shape index (κ3) is 3.55. The number of aliphatic imine (C=N–C) groups is 1. The van der Waals surface area contributed by atoms with Crippen LogP contribution in [-0.2, 0) is 4.79 Å². The number of aliphatic hydroxyl groups is 2. The first-order chi connectivity index (χ1) is 7.93. The molecule has 0 amide bonds. The molecule has 0 spiro atoms. The van der Waals surface area contributed by atoms with Crippen LogP contribution in [0, 0.1) is 0 Å². The SMILES string of the molecule is NC1=NC(O)C(O)N1CCCCC(N)C(=O)O. The zero-order valence-corrected chi connectivity index (χ0v) is 9.36. The highest BCUT2D eigenvalue weighted by atomic mass is 16.4. The quantitative estimate of drug-likeness (QED) is 0.335. The fourth-order valence-electron chi connectivity index (χ4n) is 1.59. The van der Waals surface area contributed by atoms with Gasteiger partial charge >= 0.3 is 5.97 Å². The van der Waals surface area contributed by atoms with E-state index in [0.29, 0.717) is 25.8 Å². The molecule has 3 atom stereocenters. The van der Waals surface area contributed by atoms with E-state index in [4.69, 9.17) is 16.6 Å². The summed E-state index contributed by atoms with van der Waals surface area (Å²) in [5.74, 6) is -0.935. The van der Waals surface area contributed by atoms with Crippen molar-refractivity contribution >= 4 is 11.9 Å². The van der Waals surface area contributed by atoms with E-state index >= 15 is 0 Å². The lowest BCUT2D eigenvalue weighted by atomic mass is 10.1. The van der Waals surface area contributed by atoms with Crippen LogP contribution in [0.15, 0.2) is 4.99 Å². The number of hydrogen-bond donors (Lipinski definition) is 5. The number of rotatable bonds is 6. The van der Waals surface area contributed by atoms with Gasteiger partial charge in [0.25, 0.3) is 0 Å². The first kappa shape index (κ1) is 13.7. The van der Waals surface area contributed by atoms with Gasteiger partial charge in [0.15, 0.2) is 18.4 Å². The van der Waals surface area contributed by atoms with Gasteiger partial charge in [-0.1, -0.05) is 0 Å². The molecule has 0 aromatic carbocycles. The van der Waals surface area contributed by atoms with E-state index in [9.17, 15) is 15.0 Å². The van der Waals surface area contributed by atoms with Crippen molar-refractivity contribution in [2.45, 2.75) is 37.8 Å². The van der Waals surface area contributed by atoms with Crippen molar-refractivity contribution in [1.29, 1.82) is 0 Å². The van der Waals surface area contributed by atoms with E-state index in [1.165, 1.54) is 4.90 Å².